The second-order valence-electron chi connectivity index (χ2n) is 3.91. The van der Waals surface area contributed by atoms with Gasteiger partial charge in [0.1, 0.15) is 11.3 Å². The highest BCUT2D eigenvalue weighted by Gasteiger charge is 2.17. The minimum Gasteiger partial charge on any atom is -0.455 e. The van der Waals surface area contributed by atoms with Crippen LogP contribution in [0.25, 0.3) is 0 Å². The molecule has 76 valence electrons. The molecule has 0 radical (unpaired) electrons. The molecule has 0 amide bonds. The summed E-state index contributed by atoms with van der Waals surface area (Å²) in [5, 5.41) is 2.89. The van der Waals surface area contributed by atoms with Crippen molar-refractivity contribution in [2.24, 2.45) is 0 Å². The van der Waals surface area contributed by atoms with E-state index in [4.69, 9.17) is 4.74 Å². The number of carbonyl (C=O) groups excluding carboxylic acids is 1. The van der Waals surface area contributed by atoms with E-state index >= 15 is 0 Å². The van der Waals surface area contributed by atoms with Crippen molar-refractivity contribution in [3.8, 4) is 0 Å². The van der Waals surface area contributed by atoms with Crippen molar-refractivity contribution in [1.29, 1.82) is 0 Å². The van der Waals surface area contributed by atoms with Gasteiger partial charge in [0.05, 0.1) is 0 Å². The fraction of sp³-hybridized carbons (Fsp3) is 0.700. The van der Waals surface area contributed by atoms with Crippen LogP contribution in [0.3, 0.4) is 0 Å². The minimum atomic E-state index is -0.450. The van der Waals surface area contributed by atoms with E-state index < -0.39 is 5.60 Å². The summed E-state index contributed by atoms with van der Waals surface area (Å²) in [6, 6.07) is 0. The van der Waals surface area contributed by atoms with Crippen molar-refractivity contribution in [3.05, 3.63) is 12.3 Å². The minimum absolute atomic E-state index is 0.330. The third-order valence-electron chi connectivity index (χ3n) is 1.23. The average molecular weight is 185 g/mol. The highest BCUT2D eigenvalue weighted by atomic mass is 16.6. The van der Waals surface area contributed by atoms with Crippen molar-refractivity contribution >= 4 is 5.97 Å². The largest absolute Gasteiger partial charge is 0.455 e. The van der Waals surface area contributed by atoms with Gasteiger partial charge in [-0.05, 0) is 27.2 Å². The predicted molar refractivity (Wildman–Crippen MR) is 53.3 cm³/mol. The number of rotatable bonds is 4. The zero-order chi connectivity index (χ0) is 10.5. The monoisotopic (exact) mass is 185 g/mol. The molecule has 0 heterocycles. The molecule has 0 saturated carbocycles. The van der Waals surface area contributed by atoms with Crippen molar-refractivity contribution in [2.75, 3.05) is 6.54 Å². The molecule has 3 nitrogen and oxygen atoms in total. The average Bonchev–Trinajstić information content (AvgIpc) is 1.96. The molecular formula is C10H19NO2. The Morgan fingerprint density at radius 3 is 2.38 bits per heavy atom. The first-order chi connectivity index (χ1) is 5.87. The van der Waals surface area contributed by atoms with Gasteiger partial charge in [-0.15, -0.1) is 0 Å². The number of nitrogens with one attached hydrogen (secondary N) is 1. The molecule has 0 bridgehead atoms. The Kier molecular flexibility index (Phi) is 4.52. The highest BCUT2D eigenvalue weighted by Crippen LogP contribution is 2.08. The summed E-state index contributed by atoms with van der Waals surface area (Å²) in [7, 11) is 0. The van der Waals surface area contributed by atoms with Crippen LogP contribution in [0.1, 0.15) is 34.1 Å². The molecule has 0 aliphatic carbocycles. The van der Waals surface area contributed by atoms with Crippen LogP contribution in [0.15, 0.2) is 12.3 Å². The van der Waals surface area contributed by atoms with Crippen LogP contribution >= 0.6 is 0 Å². The summed E-state index contributed by atoms with van der Waals surface area (Å²) in [6.45, 7) is 11.9. The Balaban J connectivity index is 3.91. The molecule has 0 fully saturated rings. The van der Waals surface area contributed by atoms with Gasteiger partial charge in [0.15, 0.2) is 0 Å². The summed E-state index contributed by atoms with van der Waals surface area (Å²) < 4.78 is 5.10. The zero-order valence-electron chi connectivity index (χ0n) is 8.94. The van der Waals surface area contributed by atoms with Crippen molar-refractivity contribution in [2.45, 2.75) is 39.7 Å². The maximum atomic E-state index is 11.3. The Bertz CT molecular complexity index is 192. The Labute approximate surface area is 80.2 Å². The standard InChI is InChI=1S/C10H19NO2/c1-6-7-11-8(2)9(12)13-10(3,4)5/h11H,2,6-7H2,1,3-5H3. The van der Waals surface area contributed by atoms with Crippen LogP contribution in [0.2, 0.25) is 0 Å². The molecule has 0 aromatic carbocycles. The van der Waals surface area contributed by atoms with Crippen LogP contribution in [-0.2, 0) is 9.53 Å². The van der Waals surface area contributed by atoms with Gasteiger partial charge in [-0.3, -0.25) is 0 Å². The van der Waals surface area contributed by atoms with Gasteiger partial charge in [-0.1, -0.05) is 13.5 Å². The van der Waals surface area contributed by atoms with Crippen molar-refractivity contribution < 1.29 is 9.53 Å². The molecule has 13 heavy (non-hydrogen) atoms. The molecule has 0 aromatic heterocycles. The fourth-order valence-electron chi connectivity index (χ4n) is 0.688. The van der Waals surface area contributed by atoms with Gasteiger partial charge < -0.3 is 10.1 Å². The SMILES string of the molecule is C=C(NCCC)C(=O)OC(C)(C)C. The van der Waals surface area contributed by atoms with Crippen LogP contribution in [0.5, 0.6) is 0 Å². The molecule has 0 unspecified atom stereocenters. The van der Waals surface area contributed by atoms with E-state index in [1.807, 2.05) is 27.7 Å². The van der Waals surface area contributed by atoms with E-state index in [2.05, 4.69) is 11.9 Å². The molecule has 1 N–H and O–H groups in total. The summed E-state index contributed by atoms with van der Waals surface area (Å²) in [4.78, 5) is 11.3. The second-order valence-corrected chi connectivity index (χ2v) is 3.91. The zero-order valence-corrected chi connectivity index (χ0v) is 8.94. The molecule has 0 aliphatic heterocycles. The molecule has 0 rings (SSSR count). The Morgan fingerprint density at radius 1 is 1.46 bits per heavy atom. The molecule has 0 aromatic rings. The lowest BCUT2D eigenvalue weighted by molar-refractivity contribution is -0.150. The van der Waals surface area contributed by atoms with Crippen LogP contribution in [-0.4, -0.2) is 18.1 Å². The summed E-state index contributed by atoms with van der Waals surface area (Å²) >= 11 is 0. The third-order valence-corrected chi connectivity index (χ3v) is 1.23. The van der Waals surface area contributed by atoms with Crippen LogP contribution in [0, 0.1) is 0 Å². The van der Waals surface area contributed by atoms with E-state index in [1.165, 1.54) is 0 Å². The van der Waals surface area contributed by atoms with E-state index in [1.54, 1.807) is 0 Å². The molecule has 0 aliphatic rings. The quantitative estimate of drug-likeness (QED) is 0.536. The summed E-state index contributed by atoms with van der Waals surface area (Å²) in [6.07, 6.45) is 0.960. The van der Waals surface area contributed by atoms with Gasteiger partial charge in [-0.25, -0.2) is 4.79 Å². The predicted octanol–water partition coefficient (Wildman–Crippen LogP) is 1.84. The Morgan fingerprint density at radius 2 is 2.00 bits per heavy atom. The molecule has 3 heteroatoms. The van der Waals surface area contributed by atoms with Crippen LogP contribution < -0.4 is 5.32 Å². The van der Waals surface area contributed by atoms with Gasteiger partial charge in [0, 0.05) is 6.54 Å². The molecule has 0 atom stereocenters. The smallest absolute Gasteiger partial charge is 0.354 e. The first kappa shape index (κ1) is 12.0. The van der Waals surface area contributed by atoms with Crippen molar-refractivity contribution in [1.82, 2.24) is 5.32 Å². The maximum absolute atomic E-state index is 11.3. The summed E-state index contributed by atoms with van der Waals surface area (Å²) in [5.74, 6) is -0.374. The highest BCUT2D eigenvalue weighted by molar-refractivity contribution is 5.87. The number of ether oxygens (including phenoxy) is 1. The topological polar surface area (TPSA) is 38.3 Å². The first-order valence-corrected chi connectivity index (χ1v) is 4.53. The molecular weight excluding hydrogens is 166 g/mol. The van der Waals surface area contributed by atoms with Gasteiger partial charge in [0.2, 0.25) is 0 Å². The number of hydrogen-bond donors (Lipinski definition) is 1. The van der Waals surface area contributed by atoms with E-state index in [0.717, 1.165) is 13.0 Å². The number of esters is 1. The van der Waals surface area contributed by atoms with E-state index in [9.17, 15) is 4.79 Å². The lowest BCUT2D eigenvalue weighted by Gasteiger charge is -2.20. The lowest BCUT2D eigenvalue weighted by Crippen LogP contribution is -2.29. The van der Waals surface area contributed by atoms with Crippen molar-refractivity contribution in [3.63, 3.8) is 0 Å². The number of carbonyl (C=O) groups is 1. The van der Waals surface area contributed by atoms with Gasteiger partial charge >= 0.3 is 5.97 Å². The lowest BCUT2D eigenvalue weighted by atomic mass is 10.2. The Hall–Kier alpha value is -0.990. The molecule has 0 spiro atoms. The van der Waals surface area contributed by atoms with Gasteiger partial charge in [0.25, 0.3) is 0 Å². The second kappa shape index (κ2) is 4.90. The third kappa shape index (κ3) is 6.20. The summed E-state index contributed by atoms with van der Waals surface area (Å²) in [5.41, 5.74) is -0.120. The van der Waals surface area contributed by atoms with Crippen LogP contribution in [0.4, 0.5) is 0 Å². The van der Waals surface area contributed by atoms with Gasteiger partial charge in [-0.2, -0.15) is 0 Å². The fourth-order valence-corrected chi connectivity index (χ4v) is 0.688. The molecule has 0 saturated heterocycles. The maximum Gasteiger partial charge on any atom is 0.354 e. The van der Waals surface area contributed by atoms with E-state index in [0.29, 0.717) is 5.70 Å². The first-order valence-electron chi connectivity index (χ1n) is 4.53. The number of hydrogen-bond acceptors (Lipinski definition) is 3. The normalized spacial score (nSPS) is 10.8. The van der Waals surface area contributed by atoms with E-state index in [-0.39, 0.29) is 5.97 Å².